The Morgan fingerprint density at radius 1 is 1.28 bits per heavy atom. The van der Waals surface area contributed by atoms with Crippen molar-refractivity contribution in [2.75, 3.05) is 6.54 Å². The zero-order valence-electron chi connectivity index (χ0n) is 12.9. The average molecular weight is 351 g/mol. The van der Waals surface area contributed by atoms with E-state index in [1.807, 2.05) is 0 Å². The SMILES string of the molecule is NCCC(=O)Oc1ccccc1C(=O)OCc1no[n+](O)c1C(N)=O. The van der Waals surface area contributed by atoms with E-state index in [9.17, 15) is 19.6 Å². The van der Waals surface area contributed by atoms with Crippen molar-refractivity contribution in [1.82, 2.24) is 5.16 Å². The van der Waals surface area contributed by atoms with Gasteiger partial charge in [-0.3, -0.25) is 9.59 Å². The molecule has 0 aliphatic carbocycles. The summed E-state index contributed by atoms with van der Waals surface area (Å²) in [4.78, 5) is 35.0. The van der Waals surface area contributed by atoms with Gasteiger partial charge in [0.1, 0.15) is 16.2 Å². The first-order valence-electron chi connectivity index (χ1n) is 7.01. The van der Waals surface area contributed by atoms with Crippen molar-refractivity contribution < 1.29 is 38.6 Å². The second-order valence-electron chi connectivity index (χ2n) is 4.69. The number of nitrogens with two attached hydrogens (primary N) is 2. The summed E-state index contributed by atoms with van der Waals surface area (Å²) in [6, 6.07) is 5.91. The first kappa shape index (κ1) is 17.9. The van der Waals surface area contributed by atoms with Gasteiger partial charge < -0.3 is 26.1 Å². The fraction of sp³-hybridized carbons (Fsp3) is 0.214. The van der Waals surface area contributed by atoms with E-state index in [1.54, 1.807) is 12.1 Å². The van der Waals surface area contributed by atoms with Crippen LogP contribution in [0.3, 0.4) is 0 Å². The van der Waals surface area contributed by atoms with Crippen molar-refractivity contribution in [3.05, 3.63) is 41.2 Å². The van der Waals surface area contributed by atoms with E-state index < -0.39 is 30.1 Å². The number of rotatable bonds is 7. The lowest BCUT2D eigenvalue weighted by Gasteiger charge is -2.08. The minimum Gasteiger partial charge on any atom is -0.453 e. The van der Waals surface area contributed by atoms with E-state index in [0.717, 1.165) is 0 Å². The number of nitrogens with zero attached hydrogens (tertiary/aromatic N) is 2. The Kier molecular flexibility index (Phi) is 5.63. The van der Waals surface area contributed by atoms with Crippen LogP contribution in [0.4, 0.5) is 0 Å². The molecular weight excluding hydrogens is 336 g/mol. The Morgan fingerprint density at radius 2 is 2.00 bits per heavy atom. The molecule has 1 heterocycles. The molecule has 0 radical (unpaired) electrons. The van der Waals surface area contributed by atoms with Gasteiger partial charge in [-0.15, -0.1) is 0 Å². The Bertz CT molecular complexity index is 802. The molecule has 0 aliphatic rings. The van der Waals surface area contributed by atoms with Gasteiger partial charge in [-0.05, 0) is 16.8 Å². The molecule has 5 N–H and O–H groups in total. The smallest absolute Gasteiger partial charge is 0.342 e. The van der Waals surface area contributed by atoms with Crippen LogP contribution >= 0.6 is 0 Å². The minimum absolute atomic E-state index is 0.00144. The van der Waals surface area contributed by atoms with Crippen LogP contribution in [0.2, 0.25) is 0 Å². The van der Waals surface area contributed by atoms with Crippen LogP contribution in [0, 0.1) is 0 Å². The number of hydrogen-bond donors (Lipinski definition) is 3. The zero-order valence-corrected chi connectivity index (χ0v) is 12.9. The number of aromatic nitrogens is 2. The van der Waals surface area contributed by atoms with Gasteiger partial charge in [0.15, 0.2) is 11.8 Å². The Hall–Kier alpha value is -3.47. The van der Waals surface area contributed by atoms with Crippen LogP contribution in [0.25, 0.3) is 0 Å². The minimum atomic E-state index is -1.02. The molecule has 25 heavy (non-hydrogen) atoms. The lowest BCUT2D eigenvalue weighted by Crippen LogP contribution is -2.37. The first-order valence-corrected chi connectivity index (χ1v) is 7.01. The topological polar surface area (TPSA) is 172 Å². The molecule has 0 fully saturated rings. The van der Waals surface area contributed by atoms with Crippen molar-refractivity contribution in [3.8, 4) is 5.75 Å². The summed E-state index contributed by atoms with van der Waals surface area (Å²) in [6.45, 7) is -0.395. The highest BCUT2D eigenvalue weighted by Gasteiger charge is 2.31. The van der Waals surface area contributed by atoms with Crippen LogP contribution in [0.15, 0.2) is 28.9 Å². The van der Waals surface area contributed by atoms with Crippen molar-refractivity contribution >= 4 is 17.8 Å². The summed E-state index contributed by atoms with van der Waals surface area (Å²) < 4.78 is 14.4. The molecular formula is C14H15N4O7+. The van der Waals surface area contributed by atoms with Crippen molar-refractivity contribution in [1.29, 1.82) is 0 Å². The van der Waals surface area contributed by atoms with Crippen LogP contribution < -0.4 is 21.1 Å². The van der Waals surface area contributed by atoms with E-state index >= 15 is 0 Å². The largest absolute Gasteiger partial charge is 0.453 e. The molecule has 132 valence electrons. The lowest BCUT2D eigenvalue weighted by molar-refractivity contribution is -1.04. The third-order valence-corrected chi connectivity index (χ3v) is 2.95. The molecule has 0 bridgehead atoms. The molecule has 1 amide bonds. The Morgan fingerprint density at radius 3 is 2.68 bits per heavy atom. The molecule has 0 saturated carbocycles. The van der Waals surface area contributed by atoms with Gasteiger partial charge >= 0.3 is 23.5 Å². The summed E-state index contributed by atoms with van der Waals surface area (Å²) in [7, 11) is 0. The number of ether oxygens (including phenoxy) is 2. The highest BCUT2D eigenvalue weighted by Crippen LogP contribution is 2.20. The van der Waals surface area contributed by atoms with Crippen molar-refractivity contribution in [3.63, 3.8) is 0 Å². The predicted octanol–water partition coefficient (Wildman–Crippen LogP) is -1.09. The molecule has 0 aliphatic heterocycles. The van der Waals surface area contributed by atoms with Crippen molar-refractivity contribution in [2.45, 2.75) is 13.0 Å². The lowest BCUT2D eigenvalue weighted by atomic mass is 10.2. The van der Waals surface area contributed by atoms with Gasteiger partial charge in [0.05, 0.1) is 6.42 Å². The molecule has 0 spiro atoms. The van der Waals surface area contributed by atoms with E-state index in [0.29, 0.717) is 0 Å². The van der Waals surface area contributed by atoms with Crippen LogP contribution in [0.5, 0.6) is 5.75 Å². The van der Waals surface area contributed by atoms with Crippen LogP contribution in [-0.2, 0) is 16.1 Å². The maximum absolute atomic E-state index is 12.2. The maximum Gasteiger partial charge on any atom is 0.342 e. The first-order chi connectivity index (χ1) is 11.9. The fourth-order valence-corrected chi connectivity index (χ4v) is 1.84. The Labute approximate surface area is 140 Å². The van der Waals surface area contributed by atoms with Crippen LogP contribution in [-0.4, -0.2) is 34.8 Å². The molecule has 11 nitrogen and oxygen atoms in total. The van der Waals surface area contributed by atoms with Gasteiger partial charge in [0.25, 0.3) is 5.69 Å². The van der Waals surface area contributed by atoms with Gasteiger partial charge in [0, 0.05) is 6.54 Å². The third kappa shape index (κ3) is 4.29. The Balaban J connectivity index is 2.12. The summed E-state index contributed by atoms with van der Waals surface area (Å²) >= 11 is 0. The molecule has 2 rings (SSSR count). The summed E-state index contributed by atoms with van der Waals surface area (Å²) in [5.74, 6) is -2.47. The summed E-state index contributed by atoms with van der Waals surface area (Å²) in [5.41, 5.74) is 9.66. The standard InChI is InChI=1S/C14H14N4O7/c15-6-5-11(19)24-10-4-2-1-3-8(10)14(21)23-7-9-12(13(16)20)18(22)25-17-9/h1-4H,5-7,15H2,(H2-,16,17,20,22)/p+1. The van der Waals surface area contributed by atoms with Gasteiger partial charge in [-0.25, -0.2) is 4.79 Å². The predicted molar refractivity (Wildman–Crippen MR) is 77.3 cm³/mol. The number of benzene rings is 1. The van der Waals surface area contributed by atoms with E-state index in [1.165, 1.54) is 12.1 Å². The summed E-state index contributed by atoms with van der Waals surface area (Å²) in [6.07, 6.45) is -0.0131. The average Bonchev–Trinajstić information content (AvgIpc) is 2.94. The van der Waals surface area contributed by atoms with Crippen molar-refractivity contribution in [2.24, 2.45) is 11.5 Å². The highest BCUT2D eigenvalue weighted by molar-refractivity contribution is 5.94. The monoisotopic (exact) mass is 351 g/mol. The van der Waals surface area contributed by atoms with E-state index in [-0.39, 0.29) is 34.9 Å². The maximum atomic E-state index is 12.2. The number of para-hydroxylation sites is 1. The van der Waals surface area contributed by atoms with Gasteiger partial charge in [-0.1, -0.05) is 12.1 Å². The van der Waals surface area contributed by atoms with Gasteiger partial charge in [-0.2, -0.15) is 0 Å². The second kappa shape index (κ2) is 7.88. The number of esters is 2. The molecule has 1 aromatic carbocycles. The normalized spacial score (nSPS) is 10.3. The van der Waals surface area contributed by atoms with E-state index in [4.69, 9.17) is 20.9 Å². The number of carbonyl (C=O) groups excluding carboxylic acids is 3. The highest BCUT2D eigenvalue weighted by atomic mass is 16.8. The molecule has 0 unspecified atom stereocenters. The number of carbonyl (C=O) groups is 3. The number of primary amides is 1. The number of hydrogen-bond acceptors (Lipinski definition) is 9. The molecule has 1 aromatic heterocycles. The van der Waals surface area contributed by atoms with Gasteiger partial charge in [0.2, 0.25) is 0 Å². The fourth-order valence-electron chi connectivity index (χ4n) is 1.84. The molecule has 0 atom stereocenters. The van der Waals surface area contributed by atoms with E-state index in [2.05, 4.69) is 9.79 Å². The third-order valence-electron chi connectivity index (χ3n) is 2.95. The van der Waals surface area contributed by atoms with Crippen LogP contribution in [0.1, 0.15) is 33.0 Å². The molecule has 11 heteroatoms. The molecule has 2 aromatic rings. The number of amides is 1. The summed E-state index contributed by atoms with van der Waals surface area (Å²) in [5, 5.41) is 12.6. The molecule has 0 saturated heterocycles. The second-order valence-corrected chi connectivity index (χ2v) is 4.69. The quantitative estimate of drug-likeness (QED) is 0.318. The zero-order chi connectivity index (χ0) is 18.4.